The fourth-order valence-electron chi connectivity index (χ4n) is 3.47. The van der Waals surface area contributed by atoms with Crippen molar-refractivity contribution in [2.24, 2.45) is 0 Å². The Morgan fingerprint density at radius 2 is 1.81 bits per heavy atom. The van der Waals surface area contributed by atoms with Crippen molar-refractivity contribution in [3.05, 3.63) is 39.9 Å². The molecule has 1 aliphatic heterocycles. The summed E-state index contributed by atoms with van der Waals surface area (Å²) >= 11 is 0. The molecule has 7 nitrogen and oxygen atoms in total. The summed E-state index contributed by atoms with van der Waals surface area (Å²) in [5.41, 5.74) is -0.424. The van der Waals surface area contributed by atoms with Gasteiger partial charge in [-0.3, -0.25) is 9.59 Å². The molecule has 27 heavy (non-hydrogen) atoms. The predicted molar refractivity (Wildman–Crippen MR) is 97.3 cm³/mol. The highest BCUT2D eigenvalue weighted by atomic mass is 19.1. The first-order chi connectivity index (χ1) is 12.9. The molecule has 1 aliphatic rings. The van der Waals surface area contributed by atoms with Crippen LogP contribution >= 0.6 is 0 Å². The highest BCUT2D eigenvalue weighted by molar-refractivity contribution is 5.92. The third kappa shape index (κ3) is 3.39. The number of halogens is 1. The molecule has 144 valence electrons. The summed E-state index contributed by atoms with van der Waals surface area (Å²) < 4.78 is 16.3. The van der Waals surface area contributed by atoms with Crippen molar-refractivity contribution < 1.29 is 19.1 Å². The molecule has 1 aromatic heterocycles. The first-order valence-electron chi connectivity index (χ1n) is 8.98. The number of anilines is 1. The number of carboxylic acids is 1. The Labute approximate surface area is 155 Å². The largest absolute Gasteiger partial charge is 0.545 e. The molecule has 0 saturated carbocycles. The van der Waals surface area contributed by atoms with E-state index in [2.05, 4.69) is 0 Å². The van der Waals surface area contributed by atoms with E-state index in [-0.39, 0.29) is 11.3 Å². The Morgan fingerprint density at radius 1 is 1.15 bits per heavy atom. The van der Waals surface area contributed by atoms with Gasteiger partial charge in [0.05, 0.1) is 22.7 Å². The second kappa shape index (κ2) is 7.38. The summed E-state index contributed by atoms with van der Waals surface area (Å²) in [6.07, 6.45) is 1.67. The number of rotatable bonds is 4. The van der Waals surface area contributed by atoms with Gasteiger partial charge in [-0.25, -0.2) is 4.39 Å². The maximum atomic E-state index is 14.7. The van der Waals surface area contributed by atoms with Crippen LogP contribution < -0.4 is 15.4 Å². The summed E-state index contributed by atoms with van der Waals surface area (Å²) in [5, 5.41) is 11.2. The van der Waals surface area contributed by atoms with E-state index >= 15 is 0 Å². The number of hydrogen-bond donors (Lipinski definition) is 0. The van der Waals surface area contributed by atoms with Gasteiger partial charge in [0, 0.05) is 50.7 Å². The van der Waals surface area contributed by atoms with Gasteiger partial charge in [0.25, 0.3) is 0 Å². The number of carbonyl (C=O) groups is 2. The first kappa shape index (κ1) is 18.9. The summed E-state index contributed by atoms with van der Waals surface area (Å²) in [5.74, 6) is -2.10. The molecule has 8 heteroatoms. The average molecular weight is 374 g/mol. The smallest absolute Gasteiger partial charge is 0.222 e. The summed E-state index contributed by atoms with van der Waals surface area (Å²) in [6, 6.07) is 2.67. The van der Waals surface area contributed by atoms with E-state index in [1.807, 2.05) is 11.8 Å². The van der Waals surface area contributed by atoms with Crippen molar-refractivity contribution in [3.63, 3.8) is 0 Å². The SMILES string of the molecule is CCC(=O)N1CCN(c2cc3c(cc2F)c(=O)c(C(=O)[O-])cn3CC)CC1. The molecule has 0 radical (unpaired) electrons. The van der Waals surface area contributed by atoms with Gasteiger partial charge < -0.3 is 24.3 Å². The highest BCUT2D eigenvalue weighted by Gasteiger charge is 2.23. The zero-order valence-corrected chi connectivity index (χ0v) is 15.3. The molecular formula is C19H21FN3O4-. The number of benzene rings is 1. The summed E-state index contributed by atoms with van der Waals surface area (Å²) in [7, 11) is 0. The maximum Gasteiger partial charge on any atom is 0.222 e. The normalized spacial score (nSPS) is 14.6. The quantitative estimate of drug-likeness (QED) is 0.782. The minimum atomic E-state index is -1.58. The minimum absolute atomic E-state index is 0.0135. The van der Waals surface area contributed by atoms with Crippen molar-refractivity contribution in [1.29, 1.82) is 0 Å². The van der Waals surface area contributed by atoms with Crippen LogP contribution in [0.2, 0.25) is 0 Å². The molecule has 0 N–H and O–H groups in total. The Bertz CT molecular complexity index is 962. The van der Waals surface area contributed by atoms with Gasteiger partial charge in [-0.15, -0.1) is 0 Å². The van der Waals surface area contributed by atoms with E-state index in [0.29, 0.717) is 50.3 Å². The maximum absolute atomic E-state index is 14.7. The van der Waals surface area contributed by atoms with Gasteiger partial charge in [-0.05, 0) is 19.1 Å². The second-order valence-electron chi connectivity index (χ2n) is 6.49. The monoisotopic (exact) mass is 374 g/mol. The molecule has 1 amide bonds. The van der Waals surface area contributed by atoms with Crippen molar-refractivity contribution in [1.82, 2.24) is 9.47 Å². The third-order valence-corrected chi connectivity index (χ3v) is 4.98. The van der Waals surface area contributed by atoms with Crippen LogP contribution in [0.4, 0.5) is 10.1 Å². The number of hydrogen-bond acceptors (Lipinski definition) is 5. The van der Waals surface area contributed by atoms with Crippen LogP contribution in [0.25, 0.3) is 10.9 Å². The Morgan fingerprint density at radius 3 is 2.37 bits per heavy atom. The number of aryl methyl sites for hydroxylation is 1. The molecule has 3 rings (SSSR count). The fourth-order valence-corrected chi connectivity index (χ4v) is 3.47. The highest BCUT2D eigenvalue weighted by Crippen LogP contribution is 2.26. The lowest BCUT2D eigenvalue weighted by molar-refractivity contribution is -0.255. The zero-order chi connectivity index (χ0) is 19.7. The van der Waals surface area contributed by atoms with Crippen LogP contribution in [0, 0.1) is 5.82 Å². The number of amides is 1. The van der Waals surface area contributed by atoms with Crippen molar-refractivity contribution >= 4 is 28.5 Å². The molecule has 2 aromatic rings. The fraction of sp³-hybridized carbons (Fsp3) is 0.421. The summed E-state index contributed by atoms with van der Waals surface area (Å²) in [4.78, 5) is 38.9. The average Bonchev–Trinajstić information content (AvgIpc) is 2.67. The number of fused-ring (bicyclic) bond motifs is 1. The number of carboxylic acid groups (broad SMARTS) is 1. The molecule has 0 unspecified atom stereocenters. The van der Waals surface area contributed by atoms with E-state index in [1.165, 1.54) is 6.20 Å². The van der Waals surface area contributed by atoms with Gasteiger partial charge in [-0.2, -0.15) is 0 Å². The number of nitrogens with zero attached hydrogens (tertiary/aromatic N) is 3. The molecule has 1 saturated heterocycles. The van der Waals surface area contributed by atoms with Crippen LogP contribution in [-0.4, -0.2) is 47.5 Å². The van der Waals surface area contributed by atoms with E-state index in [4.69, 9.17) is 0 Å². The number of carbonyl (C=O) groups excluding carboxylic acids is 2. The summed E-state index contributed by atoms with van der Waals surface area (Å²) in [6.45, 7) is 6.02. The molecule has 2 heterocycles. The lowest BCUT2D eigenvalue weighted by atomic mass is 10.1. The van der Waals surface area contributed by atoms with Crippen LogP contribution in [0.3, 0.4) is 0 Å². The molecule has 1 aromatic carbocycles. The Kier molecular flexibility index (Phi) is 5.16. The van der Waals surface area contributed by atoms with Gasteiger partial charge in [0.15, 0.2) is 5.43 Å². The van der Waals surface area contributed by atoms with E-state index in [9.17, 15) is 23.9 Å². The molecular weight excluding hydrogens is 353 g/mol. The number of aromatic nitrogens is 1. The molecule has 0 aliphatic carbocycles. The van der Waals surface area contributed by atoms with Crippen molar-refractivity contribution in [2.75, 3.05) is 31.1 Å². The van der Waals surface area contributed by atoms with E-state index in [1.54, 1.807) is 22.5 Å². The molecule has 0 atom stereocenters. The number of piperazine rings is 1. The van der Waals surface area contributed by atoms with Crippen molar-refractivity contribution in [2.45, 2.75) is 26.8 Å². The number of aromatic carboxylic acids is 1. The number of pyridine rings is 1. The van der Waals surface area contributed by atoms with Crippen molar-refractivity contribution in [3.8, 4) is 0 Å². The minimum Gasteiger partial charge on any atom is -0.545 e. The van der Waals surface area contributed by atoms with E-state index < -0.39 is 22.8 Å². The zero-order valence-electron chi connectivity index (χ0n) is 15.3. The van der Waals surface area contributed by atoms with Crippen LogP contribution in [0.1, 0.15) is 30.6 Å². The van der Waals surface area contributed by atoms with Crippen LogP contribution in [0.5, 0.6) is 0 Å². The Balaban J connectivity index is 2.03. The topological polar surface area (TPSA) is 85.7 Å². The Hall–Kier alpha value is -2.90. The lowest BCUT2D eigenvalue weighted by Gasteiger charge is -2.36. The molecule has 0 bridgehead atoms. The standard InChI is InChI=1S/C19H22FN3O4/c1-3-17(24)23-7-5-22(6-8-23)16-10-15-12(9-14(16)20)18(25)13(19(26)27)11-21(15)4-2/h9-11H,3-8H2,1-2H3,(H,26,27)/p-1. The first-order valence-corrected chi connectivity index (χ1v) is 8.98. The van der Waals surface area contributed by atoms with Gasteiger partial charge in [-0.1, -0.05) is 6.92 Å². The second-order valence-corrected chi connectivity index (χ2v) is 6.49. The third-order valence-electron chi connectivity index (χ3n) is 4.98. The molecule has 0 spiro atoms. The predicted octanol–water partition coefficient (Wildman–Crippen LogP) is 0.583. The molecule has 1 fully saturated rings. The van der Waals surface area contributed by atoms with Gasteiger partial charge in [0.1, 0.15) is 5.82 Å². The lowest BCUT2D eigenvalue weighted by Crippen LogP contribution is -2.48. The van der Waals surface area contributed by atoms with E-state index in [0.717, 1.165) is 6.07 Å². The van der Waals surface area contributed by atoms with Gasteiger partial charge in [0.2, 0.25) is 5.91 Å². The van der Waals surface area contributed by atoms with Gasteiger partial charge >= 0.3 is 0 Å². The van der Waals surface area contributed by atoms with Crippen LogP contribution in [0.15, 0.2) is 23.1 Å². The van der Waals surface area contributed by atoms with Crippen LogP contribution in [-0.2, 0) is 11.3 Å².